The Labute approximate surface area is 91.5 Å². The predicted molar refractivity (Wildman–Crippen MR) is 55.6 cm³/mol. The van der Waals surface area contributed by atoms with E-state index in [4.69, 9.17) is 11.6 Å². The lowest BCUT2D eigenvalue weighted by Crippen LogP contribution is -2.03. The second-order valence-corrected chi connectivity index (χ2v) is 3.44. The van der Waals surface area contributed by atoms with Crippen molar-refractivity contribution in [1.82, 2.24) is 14.8 Å². The fourth-order valence-electron chi connectivity index (χ4n) is 1.31. The summed E-state index contributed by atoms with van der Waals surface area (Å²) in [5.74, 6) is 0.386. The van der Waals surface area contributed by atoms with Gasteiger partial charge in [-0.25, -0.2) is 14.1 Å². The molecule has 2 rings (SSSR count). The minimum Gasteiger partial charge on any atom is -0.234 e. The second kappa shape index (κ2) is 3.98. The minimum absolute atomic E-state index is 0.207. The number of pyridine rings is 1. The third-order valence-electron chi connectivity index (χ3n) is 1.99. The molecule has 0 saturated heterocycles. The normalized spacial score (nSPS) is 10.6. The summed E-state index contributed by atoms with van der Waals surface area (Å²) in [7, 11) is 0. The monoisotopic (exact) mass is 225 g/mol. The zero-order chi connectivity index (χ0) is 10.8. The Morgan fingerprint density at radius 2 is 2.33 bits per heavy atom. The molecule has 5 heteroatoms. The molecule has 0 aliphatic rings. The van der Waals surface area contributed by atoms with Crippen LogP contribution in [0.1, 0.15) is 11.3 Å². The van der Waals surface area contributed by atoms with Gasteiger partial charge in [0.15, 0.2) is 5.82 Å². The molecule has 3 nitrogen and oxygen atoms in total. The first-order valence-electron chi connectivity index (χ1n) is 4.44. The molecule has 0 bridgehead atoms. The summed E-state index contributed by atoms with van der Waals surface area (Å²) < 4.78 is 14.5. The largest absolute Gasteiger partial charge is 0.234 e. The number of rotatable bonds is 2. The Kier molecular flexibility index (Phi) is 2.68. The zero-order valence-corrected chi connectivity index (χ0v) is 8.87. The zero-order valence-electron chi connectivity index (χ0n) is 8.11. The van der Waals surface area contributed by atoms with Crippen LogP contribution in [0.4, 0.5) is 4.39 Å². The minimum atomic E-state index is -0.390. The highest BCUT2D eigenvalue weighted by atomic mass is 35.5. The number of halogens is 2. The molecule has 0 aliphatic carbocycles. The van der Waals surface area contributed by atoms with E-state index in [0.29, 0.717) is 11.4 Å². The molecular formula is C10H9ClFN3. The van der Waals surface area contributed by atoms with E-state index in [0.717, 1.165) is 11.9 Å². The first kappa shape index (κ1) is 10.1. The van der Waals surface area contributed by atoms with Gasteiger partial charge in [-0.1, -0.05) is 0 Å². The van der Waals surface area contributed by atoms with Gasteiger partial charge in [0.1, 0.15) is 5.82 Å². The summed E-state index contributed by atoms with van der Waals surface area (Å²) >= 11 is 5.71. The van der Waals surface area contributed by atoms with Crippen molar-refractivity contribution in [1.29, 1.82) is 0 Å². The van der Waals surface area contributed by atoms with E-state index >= 15 is 0 Å². The Balaban J connectivity index is 2.52. The van der Waals surface area contributed by atoms with Crippen molar-refractivity contribution in [3.05, 3.63) is 41.6 Å². The topological polar surface area (TPSA) is 30.7 Å². The average molecular weight is 226 g/mol. The molecule has 2 aromatic rings. The summed E-state index contributed by atoms with van der Waals surface area (Å²) in [4.78, 5) is 3.97. The molecule has 15 heavy (non-hydrogen) atoms. The van der Waals surface area contributed by atoms with Crippen molar-refractivity contribution in [3.63, 3.8) is 0 Å². The number of hydrogen-bond acceptors (Lipinski definition) is 2. The van der Waals surface area contributed by atoms with E-state index in [1.54, 1.807) is 10.9 Å². The number of hydrogen-bond donors (Lipinski definition) is 0. The van der Waals surface area contributed by atoms with Crippen molar-refractivity contribution < 1.29 is 4.39 Å². The number of alkyl halides is 1. The van der Waals surface area contributed by atoms with Gasteiger partial charge in [-0.15, -0.1) is 11.6 Å². The lowest BCUT2D eigenvalue weighted by atomic mass is 10.3. The Bertz CT molecular complexity index is 481. The smallest absolute Gasteiger partial charge is 0.157 e. The van der Waals surface area contributed by atoms with Gasteiger partial charge in [-0.3, -0.25) is 0 Å². The second-order valence-electron chi connectivity index (χ2n) is 3.17. The van der Waals surface area contributed by atoms with E-state index in [-0.39, 0.29) is 5.88 Å². The molecule has 0 saturated carbocycles. The van der Waals surface area contributed by atoms with Crippen molar-refractivity contribution in [2.75, 3.05) is 0 Å². The van der Waals surface area contributed by atoms with E-state index in [1.165, 1.54) is 6.07 Å². The number of nitrogens with zero attached hydrogens (tertiary/aromatic N) is 3. The molecule has 2 aromatic heterocycles. The van der Waals surface area contributed by atoms with Crippen LogP contribution in [0, 0.1) is 12.7 Å². The third-order valence-corrected chi connectivity index (χ3v) is 2.28. The van der Waals surface area contributed by atoms with Crippen LogP contribution in [0.2, 0.25) is 0 Å². The third kappa shape index (κ3) is 1.99. The summed E-state index contributed by atoms with van der Waals surface area (Å²) in [6.07, 6.45) is 2.92. The van der Waals surface area contributed by atoms with Crippen LogP contribution in [0.5, 0.6) is 0 Å². The molecule has 0 aromatic carbocycles. The van der Waals surface area contributed by atoms with Crippen LogP contribution < -0.4 is 0 Å². The SMILES string of the molecule is Cc1ccn(-c2ncc(F)cc2CCl)n1. The fraction of sp³-hybridized carbons (Fsp3) is 0.200. The van der Waals surface area contributed by atoms with Crippen LogP contribution in [-0.2, 0) is 5.88 Å². The van der Waals surface area contributed by atoms with Crippen molar-refractivity contribution in [3.8, 4) is 5.82 Å². The molecule has 0 amide bonds. The van der Waals surface area contributed by atoms with Crippen molar-refractivity contribution >= 4 is 11.6 Å². The summed E-state index contributed by atoms with van der Waals surface area (Å²) in [6.45, 7) is 1.88. The van der Waals surface area contributed by atoms with Gasteiger partial charge in [0.25, 0.3) is 0 Å². The van der Waals surface area contributed by atoms with Crippen LogP contribution in [0.3, 0.4) is 0 Å². The predicted octanol–water partition coefficient (Wildman–Crippen LogP) is 2.45. The highest BCUT2D eigenvalue weighted by molar-refractivity contribution is 6.17. The van der Waals surface area contributed by atoms with Crippen molar-refractivity contribution in [2.45, 2.75) is 12.8 Å². The summed E-state index contributed by atoms with van der Waals surface area (Å²) in [5, 5.41) is 4.19. The molecule has 78 valence electrons. The van der Waals surface area contributed by atoms with Gasteiger partial charge in [0.2, 0.25) is 0 Å². The molecule has 2 heterocycles. The molecule has 0 aliphatic heterocycles. The Morgan fingerprint density at radius 3 is 2.93 bits per heavy atom. The lowest BCUT2D eigenvalue weighted by Gasteiger charge is -2.05. The highest BCUT2D eigenvalue weighted by Crippen LogP contribution is 2.14. The van der Waals surface area contributed by atoms with E-state index < -0.39 is 5.82 Å². The molecule has 0 spiro atoms. The van der Waals surface area contributed by atoms with Crippen LogP contribution in [-0.4, -0.2) is 14.8 Å². The van der Waals surface area contributed by atoms with Gasteiger partial charge in [0, 0.05) is 11.8 Å². The van der Waals surface area contributed by atoms with Gasteiger partial charge >= 0.3 is 0 Å². The molecule has 0 radical (unpaired) electrons. The van der Waals surface area contributed by atoms with Crippen LogP contribution in [0.25, 0.3) is 5.82 Å². The fourth-order valence-corrected chi connectivity index (χ4v) is 1.51. The van der Waals surface area contributed by atoms with E-state index in [9.17, 15) is 4.39 Å². The van der Waals surface area contributed by atoms with E-state index in [2.05, 4.69) is 10.1 Å². The van der Waals surface area contributed by atoms with Gasteiger partial charge < -0.3 is 0 Å². The molecular weight excluding hydrogens is 217 g/mol. The van der Waals surface area contributed by atoms with Gasteiger partial charge in [0.05, 0.1) is 17.8 Å². The first-order valence-corrected chi connectivity index (χ1v) is 4.97. The maximum absolute atomic E-state index is 12.9. The van der Waals surface area contributed by atoms with Gasteiger partial charge in [-0.05, 0) is 19.1 Å². The standard InChI is InChI=1S/C10H9ClFN3/c1-7-2-3-15(14-7)10-8(5-11)4-9(12)6-13-10/h2-4,6H,5H2,1H3. The average Bonchev–Trinajstić information content (AvgIpc) is 2.64. The maximum atomic E-state index is 12.9. The molecule has 0 atom stereocenters. The van der Waals surface area contributed by atoms with Gasteiger partial charge in [-0.2, -0.15) is 5.10 Å². The quantitative estimate of drug-likeness (QED) is 0.735. The van der Waals surface area contributed by atoms with Crippen LogP contribution in [0.15, 0.2) is 24.5 Å². The highest BCUT2D eigenvalue weighted by Gasteiger charge is 2.07. The molecule has 0 N–H and O–H groups in total. The summed E-state index contributed by atoms with van der Waals surface area (Å²) in [5.41, 5.74) is 1.50. The van der Waals surface area contributed by atoms with Crippen LogP contribution >= 0.6 is 11.6 Å². The lowest BCUT2D eigenvalue weighted by molar-refractivity contribution is 0.616. The number of aryl methyl sites for hydroxylation is 1. The summed E-state index contributed by atoms with van der Waals surface area (Å²) in [6, 6.07) is 3.22. The molecule has 0 fully saturated rings. The molecule has 0 unspecified atom stereocenters. The van der Waals surface area contributed by atoms with E-state index in [1.807, 2.05) is 13.0 Å². The van der Waals surface area contributed by atoms with Crippen molar-refractivity contribution in [2.24, 2.45) is 0 Å². The Morgan fingerprint density at radius 1 is 1.53 bits per heavy atom. The number of aromatic nitrogens is 3. The maximum Gasteiger partial charge on any atom is 0.157 e. The Hall–Kier alpha value is -1.42. The first-order chi connectivity index (χ1) is 7.20.